The fourth-order valence-electron chi connectivity index (χ4n) is 7.60. The maximum absolute atomic E-state index is 13.0. The SMILES string of the molecule is CC/C=C\C/C=C\C/C=C\C/C=C\C/C=C\CCCC(=O)OC(COC(=O)CCCCCCCCCCCCCCCC)COC1OC(COC2OC(CO)C(O)C(O)C2O)C(O)C(O)C1O. The first-order chi connectivity index (χ1) is 32.5. The molecule has 67 heavy (non-hydrogen) atoms. The zero-order valence-corrected chi connectivity index (χ0v) is 40.6. The van der Waals surface area contributed by atoms with Gasteiger partial charge in [-0.05, 0) is 51.4 Å². The Balaban J connectivity index is 1.85. The number of rotatable bonds is 38. The first-order valence-corrected chi connectivity index (χ1v) is 25.4. The molecular formula is C52H88O15. The first-order valence-electron chi connectivity index (χ1n) is 25.4. The van der Waals surface area contributed by atoms with E-state index in [2.05, 4.69) is 62.5 Å². The molecule has 15 heteroatoms. The van der Waals surface area contributed by atoms with Gasteiger partial charge in [0.15, 0.2) is 18.7 Å². The predicted molar refractivity (Wildman–Crippen MR) is 256 cm³/mol. The van der Waals surface area contributed by atoms with E-state index in [0.717, 1.165) is 51.4 Å². The lowest BCUT2D eigenvalue weighted by atomic mass is 9.98. The largest absolute Gasteiger partial charge is 0.462 e. The number of ether oxygens (including phenoxy) is 6. The lowest BCUT2D eigenvalue weighted by molar-refractivity contribution is -0.332. The molecule has 2 fully saturated rings. The molecular weight excluding hydrogens is 865 g/mol. The number of allylic oxidation sites excluding steroid dienone is 10. The molecule has 7 N–H and O–H groups in total. The second kappa shape index (κ2) is 39.0. The molecule has 0 radical (unpaired) electrons. The minimum Gasteiger partial charge on any atom is -0.462 e. The minimum absolute atomic E-state index is 0.0859. The third-order valence-electron chi connectivity index (χ3n) is 11.8. The number of esters is 2. The highest BCUT2D eigenvalue weighted by atomic mass is 16.7. The van der Waals surface area contributed by atoms with E-state index in [0.29, 0.717) is 19.3 Å². The molecule has 2 rings (SSSR count). The topological polar surface area (TPSA) is 231 Å². The smallest absolute Gasteiger partial charge is 0.306 e. The zero-order valence-electron chi connectivity index (χ0n) is 40.6. The van der Waals surface area contributed by atoms with Crippen molar-refractivity contribution in [3.63, 3.8) is 0 Å². The summed E-state index contributed by atoms with van der Waals surface area (Å²) < 4.78 is 33.5. The number of carbonyl (C=O) groups is 2. The Kier molecular flexibility index (Phi) is 35.1. The molecule has 15 nitrogen and oxygen atoms in total. The fraction of sp³-hybridized carbons (Fsp3) is 0.769. The molecule has 0 aromatic heterocycles. The van der Waals surface area contributed by atoms with Gasteiger partial charge in [-0.3, -0.25) is 9.59 Å². The van der Waals surface area contributed by atoms with Crippen molar-refractivity contribution in [2.24, 2.45) is 0 Å². The normalized spacial score (nSPS) is 26.5. The van der Waals surface area contributed by atoms with Gasteiger partial charge in [0.05, 0.1) is 19.8 Å². The van der Waals surface area contributed by atoms with Crippen LogP contribution in [0.25, 0.3) is 0 Å². The third-order valence-corrected chi connectivity index (χ3v) is 11.8. The standard InChI is InChI=1S/C52H88O15/c1-3-5-7-9-11-13-15-17-19-20-21-23-25-27-29-31-33-35-44(55)65-40(37-62-43(54)34-32-30-28-26-24-22-18-16-14-12-10-8-6-4-2)38-63-51-50(61)48(59)46(57)42(67-51)39-64-52-49(60)47(58)45(56)41(36-53)66-52/h5,7,11,13,17,19,21,23,27,29,40-42,45-53,56-61H,3-4,6,8-10,12,14-16,18,20,22,24-26,28,30-39H2,1-2H3/b7-5-,13-11-,19-17-,23-21-,29-27-. The van der Waals surface area contributed by atoms with Crippen molar-refractivity contribution >= 4 is 11.9 Å². The Morgan fingerprint density at radius 2 is 0.940 bits per heavy atom. The van der Waals surface area contributed by atoms with Gasteiger partial charge in [-0.1, -0.05) is 158 Å². The molecule has 2 saturated heterocycles. The highest BCUT2D eigenvalue weighted by Gasteiger charge is 2.47. The Labute approximate surface area is 400 Å². The molecule has 0 aromatic rings. The van der Waals surface area contributed by atoms with Crippen LogP contribution >= 0.6 is 0 Å². The van der Waals surface area contributed by atoms with Gasteiger partial charge in [0, 0.05) is 12.8 Å². The molecule has 0 aromatic carbocycles. The number of aliphatic hydroxyl groups excluding tert-OH is 7. The van der Waals surface area contributed by atoms with E-state index < -0.39 is 99.3 Å². The summed E-state index contributed by atoms with van der Waals surface area (Å²) in [6.07, 6.45) is 26.8. The van der Waals surface area contributed by atoms with Crippen molar-refractivity contribution in [2.75, 3.05) is 26.4 Å². The summed E-state index contributed by atoms with van der Waals surface area (Å²) in [5.74, 6) is -0.994. The van der Waals surface area contributed by atoms with Crippen molar-refractivity contribution in [3.05, 3.63) is 60.8 Å². The molecule has 11 atom stereocenters. The van der Waals surface area contributed by atoms with E-state index in [1.807, 2.05) is 12.2 Å². The molecule has 0 spiro atoms. The first kappa shape index (κ1) is 60.3. The summed E-state index contributed by atoms with van der Waals surface area (Å²) in [5.41, 5.74) is 0. The van der Waals surface area contributed by atoms with Crippen LogP contribution in [0.5, 0.6) is 0 Å². The number of hydrogen-bond donors (Lipinski definition) is 7. The van der Waals surface area contributed by atoms with E-state index in [1.165, 1.54) is 64.2 Å². The quantitative estimate of drug-likeness (QED) is 0.0190. The monoisotopic (exact) mass is 953 g/mol. The van der Waals surface area contributed by atoms with Gasteiger partial charge in [-0.2, -0.15) is 0 Å². The number of unbranched alkanes of at least 4 members (excludes halogenated alkanes) is 14. The Hall–Kier alpha value is -2.80. The average molecular weight is 953 g/mol. The minimum atomic E-state index is -1.78. The van der Waals surface area contributed by atoms with E-state index in [9.17, 15) is 45.3 Å². The van der Waals surface area contributed by atoms with E-state index in [-0.39, 0.29) is 19.4 Å². The van der Waals surface area contributed by atoms with Gasteiger partial charge < -0.3 is 64.2 Å². The second-order valence-electron chi connectivity index (χ2n) is 17.6. The summed E-state index contributed by atoms with van der Waals surface area (Å²) >= 11 is 0. The van der Waals surface area contributed by atoms with Gasteiger partial charge in [0.25, 0.3) is 0 Å². The highest BCUT2D eigenvalue weighted by Crippen LogP contribution is 2.26. The van der Waals surface area contributed by atoms with Crippen molar-refractivity contribution in [1.29, 1.82) is 0 Å². The predicted octanol–water partition coefficient (Wildman–Crippen LogP) is 6.88. The Morgan fingerprint density at radius 3 is 1.46 bits per heavy atom. The van der Waals surface area contributed by atoms with Crippen molar-refractivity contribution in [1.82, 2.24) is 0 Å². The molecule has 11 unspecified atom stereocenters. The summed E-state index contributed by atoms with van der Waals surface area (Å²) in [6.45, 7) is 2.41. The molecule has 2 aliphatic rings. The zero-order chi connectivity index (χ0) is 48.9. The Morgan fingerprint density at radius 1 is 0.493 bits per heavy atom. The van der Waals surface area contributed by atoms with Crippen LogP contribution in [0, 0.1) is 0 Å². The molecule has 0 aliphatic carbocycles. The van der Waals surface area contributed by atoms with E-state index >= 15 is 0 Å². The van der Waals surface area contributed by atoms with Crippen LogP contribution < -0.4 is 0 Å². The van der Waals surface area contributed by atoms with Crippen LogP contribution in [0.1, 0.15) is 162 Å². The summed E-state index contributed by atoms with van der Waals surface area (Å²) in [4.78, 5) is 25.7. The van der Waals surface area contributed by atoms with Crippen LogP contribution in [0.15, 0.2) is 60.8 Å². The van der Waals surface area contributed by atoms with Crippen LogP contribution in [0.3, 0.4) is 0 Å². The molecule has 386 valence electrons. The van der Waals surface area contributed by atoms with Gasteiger partial charge in [0.1, 0.15) is 55.4 Å². The van der Waals surface area contributed by atoms with Crippen LogP contribution in [0.4, 0.5) is 0 Å². The summed E-state index contributed by atoms with van der Waals surface area (Å²) in [6, 6.07) is 0. The third kappa shape index (κ3) is 27.3. The summed E-state index contributed by atoms with van der Waals surface area (Å²) in [7, 11) is 0. The number of carbonyl (C=O) groups excluding carboxylic acids is 2. The second-order valence-corrected chi connectivity index (χ2v) is 17.6. The molecule has 2 heterocycles. The fourth-order valence-corrected chi connectivity index (χ4v) is 7.60. The Bertz CT molecular complexity index is 1400. The number of aliphatic hydroxyl groups is 7. The van der Waals surface area contributed by atoms with Crippen LogP contribution in [0.2, 0.25) is 0 Å². The average Bonchev–Trinajstić information content (AvgIpc) is 3.32. The van der Waals surface area contributed by atoms with E-state index in [1.54, 1.807) is 0 Å². The van der Waals surface area contributed by atoms with Gasteiger partial charge >= 0.3 is 11.9 Å². The van der Waals surface area contributed by atoms with Gasteiger partial charge in [-0.15, -0.1) is 0 Å². The summed E-state index contributed by atoms with van der Waals surface area (Å²) in [5, 5.41) is 72.0. The van der Waals surface area contributed by atoms with Crippen molar-refractivity contribution in [3.8, 4) is 0 Å². The molecule has 0 bridgehead atoms. The molecule has 0 saturated carbocycles. The lowest BCUT2D eigenvalue weighted by Crippen LogP contribution is -2.61. The highest BCUT2D eigenvalue weighted by molar-refractivity contribution is 5.70. The van der Waals surface area contributed by atoms with Crippen LogP contribution in [-0.4, -0.2) is 142 Å². The van der Waals surface area contributed by atoms with Crippen molar-refractivity contribution < 1.29 is 73.8 Å². The van der Waals surface area contributed by atoms with Crippen molar-refractivity contribution in [2.45, 2.75) is 229 Å². The van der Waals surface area contributed by atoms with E-state index in [4.69, 9.17) is 28.4 Å². The maximum Gasteiger partial charge on any atom is 0.306 e. The maximum atomic E-state index is 13.0. The van der Waals surface area contributed by atoms with Gasteiger partial charge in [0.2, 0.25) is 0 Å². The number of hydrogen-bond acceptors (Lipinski definition) is 15. The lowest BCUT2D eigenvalue weighted by Gasteiger charge is -2.42. The molecule has 0 amide bonds. The van der Waals surface area contributed by atoms with Crippen LogP contribution in [-0.2, 0) is 38.0 Å². The van der Waals surface area contributed by atoms with Gasteiger partial charge in [-0.25, -0.2) is 0 Å². The molecule has 2 aliphatic heterocycles.